The van der Waals surface area contributed by atoms with Crippen LogP contribution in [-0.4, -0.2) is 24.0 Å². The smallest absolute Gasteiger partial charge is 0.273 e. The lowest BCUT2D eigenvalue weighted by Crippen LogP contribution is -2.24. The van der Waals surface area contributed by atoms with E-state index in [-0.39, 0.29) is 24.4 Å². The molecule has 0 saturated carbocycles. The van der Waals surface area contributed by atoms with Crippen molar-refractivity contribution >= 4 is 22.4 Å². The summed E-state index contributed by atoms with van der Waals surface area (Å²) >= 11 is 0. The highest BCUT2D eigenvalue weighted by molar-refractivity contribution is 5.96. The first kappa shape index (κ1) is 18.9. The lowest BCUT2D eigenvalue weighted by atomic mass is 10.1. The number of nitro benzene ring substituents is 1. The minimum atomic E-state index is -0.503. The molecule has 0 atom stereocenters. The minimum absolute atomic E-state index is 0.0813. The van der Waals surface area contributed by atoms with Crippen LogP contribution in [0.2, 0.25) is 0 Å². The van der Waals surface area contributed by atoms with Crippen LogP contribution in [0.15, 0.2) is 60.7 Å². The second-order valence-electron chi connectivity index (χ2n) is 6.01. The largest absolute Gasteiger partial charge is 0.480 e. The van der Waals surface area contributed by atoms with Gasteiger partial charge in [-0.3, -0.25) is 14.9 Å². The summed E-state index contributed by atoms with van der Waals surface area (Å²) in [5.74, 6) is 6.03. The van der Waals surface area contributed by atoms with Crippen LogP contribution in [0.5, 0.6) is 5.75 Å². The average Bonchev–Trinajstić information content (AvgIpc) is 2.70. The molecule has 0 radical (unpaired) electrons. The van der Waals surface area contributed by atoms with E-state index >= 15 is 0 Å². The molecule has 1 amide bonds. The number of benzene rings is 3. The van der Waals surface area contributed by atoms with Gasteiger partial charge in [-0.05, 0) is 24.4 Å². The summed E-state index contributed by atoms with van der Waals surface area (Å²) in [5, 5.41) is 15.7. The zero-order valence-electron chi connectivity index (χ0n) is 15.3. The van der Waals surface area contributed by atoms with Gasteiger partial charge in [-0.1, -0.05) is 54.3 Å². The van der Waals surface area contributed by atoms with E-state index in [1.165, 1.54) is 12.1 Å². The number of ether oxygens (including phenoxy) is 1. The molecule has 6 heteroatoms. The van der Waals surface area contributed by atoms with Gasteiger partial charge in [0.05, 0.1) is 11.5 Å². The number of nitro groups is 1. The number of hydrogen-bond donors (Lipinski definition) is 1. The van der Waals surface area contributed by atoms with Crippen LogP contribution in [0.4, 0.5) is 5.69 Å². The summed E-state index contributed by atoms with van der Waals surface area (Å²) in [5.41, 5.74) is 0.516. The van der Waals surface area contributed by atoms with Gasteiger partial charge >= 0.3 is 0 Å². The van der Waals surface area contributed by atoms with Crippen molar-refractivity contribution in [3.63, 3.8) is 0 Å². The molecular formula is C22H18N2O4. The van der Waals surface area contributed by atoms with E-state index in [1.807, 2.05) is 42.5 Å². The van der Waals surface area contributed by atoms with Crippen LogP contribution in [0, 0.1) is 28.9 Å². The summed E-state index contributed by atoms with van der Waals surface area (Å²) in [6, 6.07) is 18.2. The summed E-state index contributed by atoms with van der Waals surface area (Å²) in [4.78, 5) is 22.7. The SMILES string of the molecule is Cc1c(C(=O)NCC#CCOc2cccc3ccccc23)cccc1[N+](=O)[O-]. The molecule has 0 spiro atoms. The van der Waals surface area contributed by atoms with Crippen molar-refractivity contribution in [2.24, 2.45) is 0 Å². The standard InChI is InChI=1S/C22H18N2O4/c1-16-18(11-7-12-20(16)24(26)27)22(25)23-14-4-5-15-28-21-13-6-9-17-8-2-3-10-19(17)21/h2-3,6-13H,14-15H2,1H3,(H,23,25). The lowest BCUT2D eigenvalue weighted by Gasteiger charge is -2.06. The topological polar surface area (TPSA) is 81.5 Å². The Morgan fingerprint density at radius 3 is 2.64 bits per heavy atom. The summed E-state index contributed by atoms with van der Waals surface area (Å²) in [6.07, 6.45) is 0. The molecule has 1 N–H and O–H groups in total. The molecule has 140 valence electrons. The molecule has 6 nitrogen and oxygen atoms in total. The third kappa shape index (κ3) is 4.27. The Hall–Kier alpha value is -3.85. The van der Waals surface area contributed by atoms with E-state index in [0.717, 1.165) is 16.5 Å². The van der Waals surface area contributed by atoms with E-state index in [4.69, 9.17) is 4.74 Å². The first-order valence-electron chi connectivity index (χ1n) is 8.66. The van der Waals surface area contributed by atoms with Crippen LogP contribution >= 0.6 is 0 Å². The van der Waals surface area contributed by atoms with Crippen LogP contribution in [0.1, 0.15) is 15.9 Å². The number of carbonyl (C=O) groups excluding carboxylic acids is 1. The molecule has 28 heavy (non-hydrogen) atoms. The Balaban J connectivity index is 1.55. The van der Waals surface area contributed by atoms with Gasteiger partial charge in [-0.25, -0.2) is 0 Å². The maximum atomic E-state index is 12.2. The lowest BCUT2D eigenvalue weighted by molar-refractivity contribution is -0.385. The molecule has 0 unspecified atom stereocenters. The first-order valence-corrected chi connectivity index (χ1v) is 8.66. The van der Waals surface area contributed by atoms with Crippen molar-refractivity contribution < 1.29 is 14.5 Å². The molecule has 3 aromatic carbocycles. The molecule has 3 aromatic rings. The first-order chi connectivity index (χ1) is 13.6. The van der Waals surface area contributed by atoms with E-state index in [2.05, 4.69) is 17.2 Å². The summed E-state index contributed by atoms with van der Waals surface area (Å²) < 4.78 is 5.71. The Labute approximate surface area is 162 Å². The number of fused-ring (bicyclic) bond motifs is 1. The predicted octanol–water partition coefficient (Wildman–Crippen LogP) is 3.87. The minimum Gasteiger partial charge on any atom is -0.480 e. The third-order valence-electron chi connectivity index (χ3n) is 4.26. The van der Waals surface area contributed by atoms with Gasteiger partial charge in [0.2, 0.25) is 0 Å². The van der Waals surface area contributed by atoms with Crippen molar-refractivity contribution in [3.8, 4) is 17.6 Å². The predicted molar refractivity (Wildman–Crippen MR) is 107 cm³/mol. The molecule has 0 aliphatic carbocycles. The van der Waals surface area contributed by atoms with Gasteiger partial charge in [-0.15, -0.1) is 0 Å². The maximum Gasteiger partial charge on any atom is 0.273 e. The zero-order chi connectivity index (χ0) is 19.9. The molecule has 0 aliphatic rings. The Bertz CT molecular complexity index is 1090. The Kier molecular flexibility index (Phi) is 5.87. The fraction of sp³-hybridized carbons (Fsp3) is 0.136. The molecule has 0 heterocycles. The van der Waals surface area contributed by atoms with Gasteiger partial charge in [0.1, 0.15) is 12.4 Å². The highest BCUT2D eigenvalue weighted by atomic mass is 16.6. The van der Waals surface area contributed by atoms with E-state index in [9.17, 15) is 14.9 Å². The van der Waals surface area contributed by atoms with E-state index < -0.39 is 10.8 Å². The molecule has 0 fully saturated rings. The normalized spacial score (nSPS) is 10.0. The maximum absolute atomic E-state index is 12.2. The quantitative estimate of drug-likeness (QED) is 0.418. The van der Waals surface area contributed by atoms with Crippen LogP contribution in [-0.2, 0) is 0 Å². The summed E-state index contributed by atoms with van der Waals surface area (Å²) in [7, 11) is 0. The van der Waals surface area contributed by atoms with E-state index in [0.29, 0.717) is 5.56 Å². The zero-order valence-corrected chi connectivity index (χ0v) is 15.3. The average molecular weight is 374 g/mol. The molecule has 3 rings (SSSR count). The highest BCUT2D eigenvalue weighted by Gasteiger charge is 2.17. The number of rotatable bonds is 5. The van der Waals surface area contributed by atoms with Crippen molar-refractivity contribution in [3.05, 3.63) is 81.9 Å². The van der Waals surface area contributed by atoms with Gasteiger partial charge in [-0.2, -0.15) is 0 Å². The highest BCUT2D eigenvalue weighted by Crippen LogP contribution is 2.25. The van der Waals surface area contributed by atoms with Gasteiger partial charge in [0.25, 0.3) is 11.6 Å². The van der Waals surface area contributed by atoms with Gasteiger partial charge in [0.15, 0.2) is 0 Å². The molecular weight excluding hydrogens is 356 g/mol. The Morgan fingerprint density at radius 1 is 1.07 bits per heavy atom. The monoisotopic (exact) mass is 374 g/mol. The van der Waals surface area contributed by atoms with Gasteiger partial charge < -0.3 is 10.1 Å². The molecule has 0 aromatic heterocycles. The summed E-state index contributed by atoms with van der Waals surface area (Å²) in [6.45, 7) is 1.87. The number of nitrogens with zero attached hydrogens (tertiary/aromatic N) is 1. The van der Waals surface area contributed by atoms with Crippen molar-refractivity contribution in [2.75, 3.05) is 13.2 Å². The molecule has 0 bridgehead atoms. The number of amides is 1. The fourth-order valence-corrected chi connectivity index (χ4v) is 2.84. The molecule has 0 saturated heterocycles. The van der Waals surface area contributed by atoms with Crippen LogP contribution in [0.25, 0.3) is 10.8 Å². The van der Waals surface area contributed by atoms with Crippen LogP contribution in [0.3, 0.4) is 0 Å². The van der Waals surface area contributed by atoms with Crippen molar-refractivity contribution in [1.29, 1.82) is 0 Å². The fourth-order valence-electron chi connectivity index (χ4n) is 2.84. The second kappa shape index (κ2) is 8.69. The van der Waals surface area contributed by atoms with Gasteiger partial charge in [0, 0.05) is 22.6 Å². The van der Waals surface area contributed by atoms with Crippen molar-refractivity contribution in [1.82, 2.24) is 5.32 Å². The number of carbonyl (C=O) groups is 1. The molecule has 0 aliphatic heterocycles. The van der Waals surface area contributed by atoms with E-state index in [1.54, 1.807) is 13.0 Å². The van der Waals surface area contributed by atoms with Crippen molar-refractivity contribution in [2.45, 2.75) is 6.92 Å². The Morgan fingerprint density at radius 2 is 1.82 bits per heavy atom. The second-order valence-corrected chi connectivity index (χ2v) is 6.01. The number of nitrogens with one attached hydrogen (secondary N) is 1. The van der Waals surface area contributed by atoms with Crippen LogP contribution < -0.4 is 10.1 Å². The third-order valence-corrected chi connectivity index (χ3v) is 4.26. The number of hydrogen-bond acceptors (Lipinski definition) is 4.